The molecule has 0 aliphatic heterocycles. The number of hydrogen-bond donors (Lipinski definition) is 1. The Labute approximate surface area is 87.3 Å². The molecule has 2 atom stereocenters. The first kappa shape index (κ1) is 11.3. The lowest BCUT2D eigenvalue weighted by Gasteiger charge is -2.23. The van der Waals surface area contributed by atoms with Crippen molar-refractivity contribution in [3.05, 3.63) is 35.9 Å². The largest absolute Gasteiger partial charge is 0.327 e. The van der Waals surface area contributed by atoms with Crippen LogP contribution in [0.5, 0.6) is 0 Å². The van der Waals surface area contributed by atoms with Gasteiger partial charge in [0.1, 0.15) is 0 Å². The fourth-order valence-electron chi connectivity index (χ4n) is 1.57. The average molecular weight is 191 g/mol. The Balaban J connectivity index is 2.53. The maximum Gasteiger partial charge on any atom is 0.0108 e. The summed E-state index contributed by atoms with van der Waals surface area (Å²) in [7, 11) is 0. The maximum absolute atomic E-state index is 6.15. The molecule has 0 bridgehead atoms. The van der Waals surface area contributed by atoms with E-state index in [1.54, 1.807) is 0 Å². The van der Waals surface area contributed by atoms with Crippen molar-refractivity contribution in [2.75, 3.05) is 0 Å². The number of hydrogen-bond acceptors (Lipinski definition) is 1. The zero-order chi connectivity index (χ0) is 10.6. The van der Waals surface area contributed by atoms with Crippen molar-refractivity contribution in [2.24, 2.45) is 17.6 Å². The van der Waals surface area contributed by atoms with Gasteiger partial charge in [0.05, 0.1) is 0 Å². The van der Waals surface area contributed by atoms with E-state index in [0.717, 1.165) is 6.42 Å². The van der Waals surface area contributed by atoms with Gasteiger partial charge in [0.15, 0.2) is 0 Å². The third kappa shape index (κ3) is 3.15. The van der Waals surface area contributed by atoms with Crippen molar-refractivity contribution in [3.8, 4) is 0 Å². The van der Waals surface area contributed by atoms with Crippen LogP contribution < -0.4 is 5.73 Å². The number of nitrogens with two attached hydrogens (primary N) is 1. The summed E-state index contributed by atoms with van der Waals surface area (Å²) in [4.78, 5) is 0. The Morgan fingerprint density at radius 2 is 1.64 bits per heavy atom. The van der Waals surface area contributed by atoms with E-state index < -0.39 is 0 Å². The van der Waals surface area contributed by atoms with Crippen LogP contribution >= 0.6 is 0 Å². The summed E-state index contributed by atoms with van der Waals surface area (Å²) in [5.74, 6) is 1.24. The number of rotatable bonds is 4. The quantitative estimate of drug-likeness (QED) is 0.778. The Morgan fingerprint density at radius 1 is 1.07 bits per heavy atom. The van der Waals surface area contributed by atoms with E-state index in [9.17, 15) is 0 Å². The summed E-state index contributed by atoms with van der Waals surface area (Å²) in [5, 5.41) is 0. The van der Waals surface area contributed by atoms with Gasteiger partial charge >= 0.3 is 0 Å². The molecule has 14 heavy (non-hydrogen) atoms. The topological polar surface area (TPSA) is 26.0 Å². The van der Waals surface area contributed by atoms with E-state index >= 15 is 0 Å². The fraction of sp³-hybridized carbons (Fsp3) is 0.538. The molecule has 0 aliphatic rings. The van der Waals surface area contributed by atoms with Crippen molar-refractivity contribution in [3.63, 3.8) is 0 Å². The summed E-state index contributed by atoms with van der Waals surface area (Å²) >= 11 is 0. The minimum Gasteiger partial charge on any atom is -0.327 e. The lowest BCUT2D eigenvalue weighted by Crippen LogP contribution is -2.33. The highest BCUT2D eigenvalue weighted by atomic mass is 14.6. The van der Waals surface area contributed by atoms with E-state index in [0.29, 0.717) is 11.8 Å². The summed E-state index contributed by atoms with van der Waals surface area (Å²) in [5.41, 5.74) is 7.49. The zero-order valence-corrected chi connectivity index (χ0v) is 9.40. The standard InChI is InChI=1S/C13H21N/c1-10(2)11(3)13(14)9-12-7-5-4-6-8-12/h4-8,10-11,13H,9,14H2,1-3H3. The van der Waals surface area contributed by atoms with Crippen molar-refractivity contribution in [1.29, 1.82) is 0 Å². The minimum atomic E-state index is 0.275. The number of benzene rings is 1. The van der Waals surface area contributed by atoms with Crippen molar-refractivity contribution in [1.82, 2.24) is 0 Å². The molecule has 2 unspecified atom stereocenters. The summed E-state index contributed by atoms with van der Waals surface area (Å²) in [6.45, 7) is 6.70. The molecule has 0 saturated carbocycles. The molecule has 78 valence electrons. The molecule has 0 heterocycles. The fourth-order valence-corrected chi connectivity index (χ4v) is 1.57. The van der Waals surface area contributed by atoms with Crippen molar-refractivity contribution < 1.29 is 0 Å². The molecule has 1 heteroatoms. The molecule has 0 saturated heterocycles. The van der Waals surface area contributed by atoms with Crippen LogP contribution in [0.15, 0.2) is 30.3 Å². The summed E-state index contributed by atoms with van der Waals surface area (Å²) in [6, 6.07) is 10.8. The Hall–Kier alpha value is -0.820. The zero-order valence-electron chi connectivity index (χ0n) is 9.40. The van der Waals surface area contributed by atoms with Crippen molar-refractivity contribution in [2.45, 2.75) is 33.2 Å². The van der Waals surface area contributed by atoms with Gasteiger partial charge in [-0.2, -0.15) is 0 Å². The van der Waals surface area contributed by atoms with E-state index in [-0.39, 0.29) is 6.04 Å². The van der Waals surface area contributed by atoms with Gasteiger partial charge in [0, 0.05) is 6.04 Å². The first-order valence-electron chi connectivity index (χ1n) is 5.40. The van der Waals surface area contributed by atoms with Gasteiger partial charge in [-0.05, 0) is 23.8 Å². The van der Waals surface area contributed by atoms with Crippen molar-refractivity contribution >= 4 is 0 Å². The molecule has 0 aliphatic carbocycles. The van der Waals surface area contributed by atoms with Gasteiger partial charge < -0.3 is 5.73 Å². The van der Waals surface area contributed by atoms with Crippen LogP contribution in [0.3, 0.4) is 0 Å². The first-order valence-corrected chi connectivity index (χ1v) is 5.40. The molecule has 1 aromatic rings. The SMILES string of the molecule is CC(C)C(C)C(N)Cc1ccccc1. The monoisotopic (exact) mass is 191 g/mol. The third-order valence-electron chi connectivity index (χ3n) is 3.04. The highest BCUT2D eigenvalue weighted by Crippen LogP contribution is 2.16. The predicted molar refractivity (Wildman–Crippen MR) is 62.1 cm³/mol. The predicted octanol–water partition coefficient (Wildman–Crippen LogP) is 2.85. The Kier molecular flexibility index (Phi) is 4.15. The van der Waals surface area contributed by atoms with E-state index in [1.807, 2.05) is 6.07 Å². The molecular formula is C13H21N. The lowest BCUT2D eigenvalue weighted by atomic mass is 9.87. The van der Waals surface area contributed by atoms with Crippen LogP contribution in [0, 0.1) is 11.8 Å². The van der Waals surface area contributed by atoms with Crippen LogP contribution in [-0.4, -0.2) is 6.04 Å². The van der Waals surface area contributed by atoms with E-state index in [1.165, 1.54) is 5.56 Å². The molecule has 0 spiro atoms. The lowest BCUT2D eigenvalue weighted by molar-refractivity contribution is 0.344. The Bertz CT molecular complexity index is 253. The van der Waals surface area contributed by atoms with Gasteiger partial charge in [0.2, 0.25) is 0 Å². The summed E-state index contributed by atoms with van der Waals surface area (Å²) < 4.78 is 0. The average Bonchev–Trinajstić information content (AvgIpc) is 2.18. The van der Waals surface area contributed by atoms with E-state index in [4.69, 9.17) is 5.73 Å². The molecule has 1 aromatic carbocycles. The van der Waals surface area contributed by atoms with Crippen LogP contribution in [0.1, 0.15) is 26.3 Å². The van der Waals surface area contributed by atoms with Crippen LogP contribution in [-0.2, 0) is 6.42 Å². The highest BCUT2D eigenvalue weighted by molar-refractivity contribution is 5.15. The van der Waals surface area contributed by atoms with Crippen LogP contribution in [0.25, 0.3) is 0 Å². The molecular weight excluding hydrogens is 170 g/mol. The minimum absolute atomic E-state index is 0.275. The van der Waals surface area contributed by atoms with Gasteiger partial charge in [-0.15, -0.1) is 0 Å². The van der Waals surface area contributed by atoms with Crippen LogP contribution in [0.4, 0.5) is 0 Å². The van der Waals surface area contributed by atoms with Gasteiger partial charge in [-0.1, -0.05) is 51.1 Å². The highest BCUT2D eigenvalue weighted by Gasteiger charge is 2.16. The van der Waals surface area contributed by atoms with Gasteiger partial charge in [-0.25, -0.2) is 0 Å². The maximum atomic E-state index is 6.15. The molecule has 0 fully saturated rings. The smallest absolute Gasteiger partial charge is 0.0108 e. The first-order chi connectivity index (χ1) is 6.61. The Morgan fingerprint density at radius 3 is 2.14 bits per heavy atom. The molecule has 0 aromatic heterocycles. The van der Waals surface area contributed by atoms with Crippen LogP contribution in [0.2, 0.25) is 0 Å². The summed E-state index contributed by atoms with van der Waals surface area (Å²) in [6.07, 6.45) is 0.986. The molecule has 1 rings (SSSR count). The second-order valence-electron chi connectivity index (χ2n) is 4.46. The third-order valence-corrected chi connectivity index (χ3v) is 3.04. The molecule has 1 nitrogen and oxygen atoms in total. The normalized spacial score (nSPS) is 15.5. The molecule has 0 radical (unpaired) electrons. The van der Waals surface area contributed by atoms with E-state index in [2.05, 4.69) is 45.0 Å². The molecule has 0 amide bonds. The second kappa shape index (κ2) is 5.16. The second-order valence-corrected chi connectivity index (χ2v) is 4.46. The van der Waals surface area contributed by atoms with Gasteiger partial charge in [-0.3, -0.25) is 0 Å². The molecule has 2 N–H and O–H groups in total. The van der Waals surface area contributed by atoms with Gasteiger partial charge in [0.25, 0.3) is 0 Å².